The average molecular weight is 473 g/mol. The van der Waals surface area contributed by atoms with Gasteiger partial charge in [0.25, 0.3) is 0 Å². The fraction of sp³-hybridized carbons (Fsp3) is 0.348. The Morgan fingerprint density at radius 1 is 0.969 bits per heavy atom. The molecule has 9 heteroatoms. The van der Waals surface area contributed by atoms with Crippen LogP contribution in [0.25, 0.3) is 0 Å². The molecular formula is C23H18Cl2N2O5. The van der Waals surface area contributed by atoms with Crippen molar-refractivity contribution >= 4 is 46.5 Å². The Bertz CT molecular complexity index is 1180. The molecule has 4 heterocycles. The first-order valence-electron chi connectivity index (χ1n) is 10.5. The lowest BCUT2D eigenvalue weighted by Gasteiger charge is -2.27. The number of ketones is 1. The van der Waals surface area contributed by atoms with Gasteiger partial charge in [0, 0.05) is 22.7 Å². The van der Waals surface area contributed by atoms with E-state index in [2.05, 4.69) is 0 Å². The third-order valence-corrected chi connectivity index (χ3v) is 7.48. The summed E-state index contributed by atoms with van der Waals surface area (Å²) in [6, 6.07) is 8.83. The van der Waals surface area contributed by atoms with E-state index in [1.165, 1.54) is 11.0 Å². The molecule has 2 amide bonds. The first kappa shape index (κ1) is 20.0. The fourth-order valence-electron chi connectivity index (χ4n) is 5.64. The Labute approximate surface area is 193 Å². The predicted molar refractivity (Wildman–Crippen MR) is 116 cm³/mol. The van der Waals surface area contributed by atoms with Crippen molar-refractivity contribution in [1.82, 2.24) is 4.90 Å². The average Bonchev–Trinajstić information content (AvgIpc) is 3.50. The number of hydrogen-bond acceptors (Lipinski definition) is 6. The van der Waals surface area contributed by atoms with Crippen molar-refractivity contribution in [2.75, 3.05) is 18.2 Å². The zero-order valence-corrected chi connectivity index (χ0v) is 18.3. The Balaban J connectivity index is 1.40. The molecule has 2 aromatic rings. The number of imide groups is 1. The minimum atomic E-state index is -0.752. The summed E-state index contributed by atoms with van der Waals surface area (Å²) >= 11 is 12.3. The van der Waals surface area contributed by atoms with Gasteiger partial charge in [0.15, 0.2) is 17.3 Å². The molecule has 4 atom stereocenters. The van der Waals surface area contributed by atoms with E-state index in [9.17, 15) is 14.4 Å². The summed E-state index contributed by atoms with van der Waals surface area (Å²) in [5.41, 5.74) is 0.744. The Hall–Kier alpha value is -2.61. The number of anilines is 1. The number of amides is 2. The van der Waals surface area contributed by atoms with Crippen LogP contribution in [0.3, 0.4) is 0 Å². The highest BCUT2D eigenvalue weighted by atomic mass is 35.5. The summed E-state index contributed by atoms with van der Waals surface area (Å²) < 4.78 is 10.7. The zero-order valence-electron chi connectivity index (χ0n) is 16.8. The molecule has 0 saturated carbocycles. The van der Waals surface area contributed by atoms with Crippen molar-refractivity contribution in [3.63, 3.8) is 0 Å². The fourth-order valence-corrected chi connectivity index (χ4v) is 6.14. The maximum absolute atomic E-state index is 13.6. The van der Waals surface area contributed by atoms with Crippen molar-refractivity contribution in [2.24, 2.45) is 11.8 Å². The molecule has 7 nitrogen and oxygen atoms in total. The minimum absolute atomic E-state index is 0.0986. The summed E-state index contributed by atoms with van der Waals surface area (Å²) in [4.78, 5) is 44.0. The molecule has 4 aliphatic heterocycles. The van der Waals surface area contributed by atoms with Gasteiger partial charge < -0.3 is 9.47 Å². The van der Waals surface area contributed by atoms with E-state index in [1.807, 2.05) is 4.90 Å². The van der Waals surface area contributed by atoms with E-state index in [0.717, 1.165) is 12.8 Å². The van der Waals surface area contributed by atoms with Crippen LogP contribution in [0.2, 0.25) is 10.0 Å². The standard InChI is InChI=1S/C23H18Cl2N2O5/c24-11-3-5-13(14(25)8-11)21(28)20-19-18(15-2-1-7-26(15)20)22(29)27(23(19)30)12-4-6-16-17(9-12)32-10-31-16/h3-6,8-9,15,18-20H,1-2,7,10H2. The zero-order chi connectivity index (χ0) is 22.1. The third-order valence-electron chi connectivity index (χ3n) is 6.93. The molecule has 0 bridgehead atoms. The minimum Gasteiger partial charge on any atom is -0.454 e. The van der Waals surface area contributed by atoms with E-state index in [1.54, 1.807) is 30.3 Å². The van der Waals surface area contributed by atoms with E-state index in [0.29, 0.717) is 34.3 Å². The molecule has 164 valence electrons. The van der Waals surface area contributed by atoms with Gasteiger partial charge in [-0.2, -0.15) is 0 Å². The number of fused-ring (bicyclic) bond motifs is 4. The van der Waals surface area contributed by atoms with Crippen molar-refractivity contribution in [2.45, 2.75) is 24.9 Å². The second-order valence-electron chi connectivity index (χ2n) is 8.48. The van der Waals surface area contributed by atoms with Crippen molar-refractivity contribution in [1.29, 1.82) is 0 Å². The SMILES string of the molecule is O=C(c1ccc(Cl)cc1Cl)C1C2C(=O)N(c3ccc4c(c3)OCO4)C(=O)C2C2CCCN21. The number of carbonyl (C=O) groups excluding carboxylic acids is 3. The number of carbonyl (C=O) groups is 3. The van der Waals surface area contributed by atoms with Crippen LogP contribution in [0, 0.1) is 11.8 Å². The van der Waals surface area contributed by atoms with Crippen LogP contribution in [-0.2, 0) is 9.59 Å². The Morgan fingerprint density at radius 2 is 1.75 bits per heavy atom. The smallest absolute Gasteiger partial charge is 0.239 e. The first-order valence-corrected chi connectivity index (χ1v) is 11.2. The lowest BCUT2D eigenvalue weighted by Crippen LogP contribution is -2.46. The van der Waals surface area contributed by atoms with Crippen LogP contribution in [0.15, 0.2) is 36.4 Å². The lowest BCUT2D eigenvalue weighted by molar-refractivity contribution is -0.123. The number of Topliss-reactive ketones (excluding diaryl/α,β-unsaturated/α-hetero) is 1. The van der Waals surface area contributed by atoms with Crippen LogP contribution in [-0.4, -0.2) is 47.9 Å². The van der Waals surface area contributed by atoms with Crippen LogP contribution in [0.1, 0.15) is 23.2 Å². The Morgan fingerprint density at radius 3 is 2.56 bits per heavy atom. The van der Waals surface area contributed by atoms with Gasteiger partial charge in [-0.3, -0.25) is 19.3 Å². The second-order valence-corrected chi connectivity index (χ2v) is 9.33. The van der Waals surface area contributed by atoms with Gasteiger partial charge in [-0.05, 0) is 49.7 Å². The summed E-state index contributed by atoms with van der Waals surface area (Å²) in [6.07, 6.45) is 1.64. The highest BCUT2D eigenvalue weighted by molar-refractivity contribution is 6.37. The number of nitrogens with zero attached hydrogens (tertiary/aromatic N) is 2. The van der Waals surface area contributed by atoms with Crippen molar-refractivity contribution in [3.05, 3.63) is 52.0 Å². The first-order chi connectivity index (χ1) is 15.5. The molecule has 2 aromatic carbocycles. The highest BCUT2D eigenvalue weighted by Crippen LogP contribution is 2.49. The molecule has 0 radical (unpaired) electrons. The summed E-state index contributed by atoms with van der Waals surface area (Å²) in [5, 5.41) is 0.669. The van der Waals surface area contributed by atoms with Gasteiger partial charge in [0.05, 0.1) is 28.6 Å². The van der Waals surface area contributed by atoms with Gasteiger partial charge in [-0.25, -0.2) is 4.90 Å². The topological polar surface area (TPSA) is 76.1 Å². The number of hydrogen-bond donors (Lipinski definition) is 0. The van der Waals surface area contributed by atoms with Crippen molar-refractivity contribution in [3.8, 4) is 11.5 Å². The molecule has 0 N–H and O–H groups in total. The molecule has 4 unspecified atom stereocenters. The summed E-state index contributed by atoms with van der Waals surface area (Å²) in [7, 11) is 0. The molecule has 3 fully saturated rings. The molecule has 4 aliphatic rings. The van der Waals surface area contributed by atoms with Crippen LogP contribution in [0.4, 0.5) is 5.69 Å². The van der Waals surface area contributed by atoms with Crippen LogP contribution in [0.5, 0.6) is 11.5 Å². The van der Waals surface area contributed by atoms with Gasteiger partial charge in [-0.1, -0.05) is 23.2 Å². The van der Waals surface area contributed by atoms with E-state index in [-0.39, 0.29) is 35.5 Å². The van der Waals surface area contributed by atoms with Gasteiger partial charge in [-0.15, -0.1) is 0 Å². The number of benzene rings is 2. The second kappa shape index (κ2) is 7.20. The molecule has 6 rings (SSSR count). The van der Waals surface area contributed by atoms with Gasteiger partial charge >= 0.3 is 0 Å². The molecular weight excluding hydrogens is 455 g/mol. The normalized spacial score (nSPS) is 28.4. The van der Waals surface area contributed by atoms with Crippen LogP contribution < -0.4 is 14.4 Å². The molecule has 0 aromatic heterocycles. The maximum atomic E-state index is 13.6. The number of halogens is 2. The van der Waals surface area contributed by atoms with E-state index in [4.69, 9.17) is 32.7 Å². The monoisotopic (exact) mass is 472 g/mol. The molecule has 0 aliphatic carbocycles. The number of ether oxygens (including phenoxy) is 2. The van der Waals surface area contributed by atoms with E-state index < -0.39 is 17.9 Å². The van der Waals surface area contributed by atoms with Gasteiger partial charge in [0.1, 0.15) is 0 Å². The summed E-state index contributed by atoms with van der Waals surface area (Å²) in [5.74, 6) is -1.14. The maximum Gasteiger partial charge on any atom is 0.239 e. The largest absolute Gasteiger partial charge is 0.454 e. The predicted octanol–water partition coefficient (Wildman–Crippen LogP) is 3.56. The highest BCUT2D eigenvalue weighted by Gasteiger charge is 2.64. The molecule has 32 heavy (non-hydrogen) atoms. The number of rotatable bonds is 3. The van der Waals surface area contributed by atoms with E-state index >= 15 is 0 Å². The Kier molecular flexibility index (Phi) is 4.51. The third kappa shape index (κ3) is 2.74. The molecule has 3 saturated heterocycles. The van der Waals surface area contributed by atoms with Crippen molar-refractivity contribution < 1.29 is 23.9 Å². The summed E-state index contributed by atoms with van der Waals surface area (Å²) in [6.45, 7) is 0.769. The lowest BCUT2D eigenvalue weighted by atomic mass is 9.85. The van der Waals surface area contributed by atoms with Crippen LogP contribution >= 0.6 is 23.2 Å². The van der Waals surface area contributed by atoms with Gasteiger partial charge in [0.2, 0.25) is 18.6 Å². The quantitative estimate of drug-likeness (QED) is 0.502. The molecule has 0 spiro atoms.